The summed E-state index contributed by atoms with van der Waals surface area (Å²) in [6, 6.07) is -0.889. The molecule has 0 aliphatic rings. The monoisotopic (exact) mass is 152 g/mol. The van der Waals surface area contributed by atoms with Crippen LogP contribution in [-0.2, 0) is 0 Å². The van der Waals surface area contributed by atoms with E-state index < -0.39 is 11.3 Å². The highest BCUT2D eigenvalue weighted by Crippen LogP contribution is 1.71. The van der Waals surface area contributed by atoms with Crippen molar-refractivity contribution in [1.82, 2.24) is 5.32 Å². The zero-order chi connectivity index (χ0) is 5.86. The van der Waals surface area contributed by atoms with Crippen LogP contribution in [0.25, 0.3) is 0 Å². The molecule has 0 spiro atoms. The first-order valence-electron chi connectivity index (χ1n) is 1.42. The molecule has 3 amide bonds. The molecule has 48 valence electrons. The van der Waals surface area contributed by atoms with Gasteiger partial charge in [-0.05, 0) is 11.0 Å². The van der Waals surface area contributed by atoms with Gasteiger partial charge in [-0.2, -0.15) is 0 Å². The van der Waals surface area contributed by atoms with Crippen LogP contribution in [-0.4, -0.2) is 22.2 Å². The van der Waals surface area contributed by atoms with Crippen LogP contribution in [0.15, 0.2) is 0 Å². The Morgan fingerprint density at radius 2 is 1.88 bits per heavy atom. The average molecular weight is 152 g/mol. The summed E-state index contributed by atoms with van der Waals surface area (Å²) >= 11 is 3.19. The molecule has 0 bridgehead atoms. The maximum atomic E-state index is 9.71. The fraction of sp³-hybridized carbons (Fsp3) is 0. The van der Waals surface area contributed by atoms with Crippen LogP contribution >= 0.6 is 12.6 Å². The van der Waals surface area contributed by atoms with E-state index >= 15 is 0 Å². The predicted molar refractivity (Wildman–Crippen MR) is 38.4 cm³/mol. The summed E-state index contributed by atoms with van der Waals surface area (Å²) < 4.78 is 0. The molecule has 0 aromatic rings. The van der Waals surface area contributed by atoms with Crippen LogP contribution < -0.4 is 11.1 Å². The Labute approximate surface area is 56.2 Å². The number of nitrogens with two attached hydrogens (primary N) is 1. The molecule has 0 saturated heterocycles. The van der Waals surface area contributed by atoms with Gasteiger partial charge in [0.2, 0.25) is 0 Å². The molecule has 3 N–H and O–H groups in total. The molecule has 0 aliphatic carbocycles. The van der Waals surface area contributed by atoms with E-state index in [2.05, 4.69) is 18.4 Å². The third-order valence-electron chi connectivity index (χ3n) is 0.230. The number of rotatable bonds is 0. The van der Waals surface area contributed by atoms with Crippen LogP contribution in [0.1, 0.15) is 0 Å². The van der Waals surface area contributed by atoms with Gasteiger partial charge in [0.15, 0.2) is 0 Å². The summed E-state index contributed by atoms with van der Waals surface area (Å²) in [5.74, 6) is 0. The maximum Gasteiger partial charge on any atom is 0.319 e. The lowest BCUT2D eigenvalue weighted by atomic mass is 11.0. The van der Waals surface area contributed by atoms with Crippen molar-refractivity contribution in [2.24, 2.45) is 5.73 Å². The van der Waals surface area contributed by atoms with E-state index in [4.69, 9.17) is 0 Å². The van der Waals surface area contributed by atoms with Crippen molar-refractivity contribution < 1.29 is 9.59 Å². The number of thiol groups is 1. The van der Waals surface area contributed by atoms with Crippen LogP contribution in [0.4, 0.5) is 9.59 Å². The molecule has 0 aromatic heterocycles. The lowest BCUT2D eigenvalue weighted by Crippen LogP contribution is -2.30. The topological polar surface area (TPSA) is 72.2 Å². The van der Waals surface area contributed by atoms with Gasteiger partial charge in [0.1, 0.15) is 0 Å². The summed E-state index contributed by atoms with van der Waals surface area (Å²) in [4.78, 5) is 19.4. The number of carbonyl (C=O) groups excluding carboxylic acids is 2. The van der Waals surface area contributed by atoms with Crippen molar-refractivity contribution in [1.29, 1.82) is 0 Å². The first-order chi connectivity index (χ1) is 3.13. The number of primary amides is 1. The van der Waals surface area contributed by atoms with Crippen LogP contribution in [0.3, 0.4) is 0 Å². The van der Waals surface area contributed by atoms with E-state index in [0.29, 0.717) is 0 Å². The molecule has 0 aromatic carbocycles. The van der Waals surface area contributed by atoms with Crippen molar-refractivity contribution in [2.75, 3.05) is 0 Å². The predicted octanol–water partition coefficient (Wildman–Crippen LogP) is -1.75. The van der Waals surface area contributed by atoms with Crippen molar-refractivity contribution in [2.45, 2.75) is 0 Å². The molecule has 4 nitrogen and oxygen atoms in total. The zero-order valence-electron chi connectivity index (χ0n) is 3.34. The van der Waals surface area contributed by atoms with E-state index in [0.717, 1.165) is 0 Å². The molecule has 8 heavy (non-hydrogen) atoms. The standard InChI is InChI=1S/C2H4N2O2S.H4Si/c3-1(5)4-2(6)7;/h(H4,3,4,5,6,7);1H4. The van der Waals surface area contributed by atoms with Crippen LogP contribution in [0.2, 0.25) is 0 Å². The molecule has 0 fully saturated rings. The number of urea groups is 1. The molecule has 0 unspecified atom stereocenters. The van der Waals surface area contributed by atoms with Crippen molar-refractivity contribution in [3.8, 4) is 0 Å². The van der Waals surface area contributed by atoms with E-state index in [-0.39, 0.29) is 11.0 Å². The summed E-state index contributed by atoms with van der Waals surface area (Å²) in [6.07, 6.45) is 0. The summed E-state index contributed by atoms with van der Waals surface area (Å²) in [5.41, 5.74) is 4.47. The van der Waals surface area contributed by atoms with Gasteiger partial charge in [0, 0.05) is 0 Å². The zero-order valence-corrected chi connectivity index (χ0v) is 4.24. The van der Waals surface area contributed by atoms with Gasteiger partial charge in [-0.1, -0.05) is 12.6 Å². The van der Waals surface area contributed by atoms with Gasteiger partial charge in [-0.25, -0.2) is 4.79 Å². The molecule has 0 aliphatic heterocycles. The van der Waals surface area contributed by atoms with Gasteiger partial charge >= 0.3 is 6.03 Å². The fourth-order valence-electron chi connectivity index (χ4n) is 0.105. The van der Waals surface area contributed by atoms with Gasteiger partial charge in [0.05, 0.1) is 0 Å². The van der Waals surface area contributed by atoms with Gasteiger partial charge in [-0.15, -0.1) is 0 Å². The number of hydrogen-bond acceptors (Lipinski definition) is 2. The Kier molecular flexibility index (Phi) is 6.11. The van der Waals surface area contributed by atoms with E-state index in [1.54, 1.807) is 5.32 Å². The van der Waals surface area contributed by atoms with E-state index in [9.17, 15) is 9.59 Å². The van der Waals surface area contributed by atoms with Gasteiger partial charge in [-0.3, -0.25) is 10.1 Å². The smallest absolute Gasteiger partial charge is 0.319 e. The molecule has 0 radical (unpaired) electrons. The summed E-state index contributed by atoms with van der Waals surface area (Å²) in [7, 11) is 0. The highest BCUT2D eigenvalue weighted by molar-refractivity contribution is 7.96. The number of hydrogen-bond donors (Lipinski definition) is 3. The Bertz CT molecular complexity index is 94.2. The number of carbonyl (C=O) groups is 2. The molecular formula is C2H8N2O2SSi. The lowest BCUT2D eigenvalue weighted by molar-refractivity contribution is 0.242. The minimum Gasteiger partial charge on any atom is -0.351 e. The molecule has 6 heteroatoms. The maximum absolute atomic E-state index is 9.71. The number of amides is 3. The Hall–Kier alpha value is -0.493. The highest BCUT2D eigenvalue weighted by Gasteiger charge is 1.92. The van der Waals surface area contributed by atoms with Gasteiger partial charge in [0.25, 0.3) is 5.24 Å². The second-order valence-corrected chi connectivity index (χ2v) is 1.20. The van der Waals surface area contributed by atoms with Crippen LogP contribution in [0.5, 0.6) is 0 Å². The van der Waals surface area contributed by atoms with Crippen molar-refractivity contribution >= 4 is 34.9 Å². The van der Waals surface area contributed by atoms with Crippen molar-refractivity contribution in [3.05, 3.63) is 0 Å². The summed E-state index contributed by atoms with van der Waals surface area (Å²) in [5, 5.41) is 0.927. The first-order valence-corrected chi connectivity index (χ1v) is 1.87. The van der Waals surface area contributed by atoms with Gasteiger partial charge < -0.3 is 5.73 Å². The number of nitrogens with one attached hydrogen (secondary N) is 1. The van der Waals surface area contributed by atoms with Crippen molar-refractivity contribution in [3.63, 3.8) is 0 Å². The second-order valence-electron chi connectivity index (χ2n) is 0.794. The molecule has 0 saturated carbocycles. The molecule has 0 heterocycles. The second kappa shape index (κ2) is 4.66. The lowest BCUT2D eigenvalue weighted by Gasteiger charge is -1.87. The van der Waals surface area contributed by atoms with Crippen LogP contribution in [0, 0.1) is 0 Å². The van der Waals surface area contributed by atoms with E-state index in [1.807, 2.05) is 0 Å². The Balaban J connectivity index is 0. The Morgan fingerprint density at radius 3 is 1.88 bits per heavy atom. The third-order valence-corrected chi connectivity index (χ3v) is 0.342. The quantitative estimate of drug-likeness (QED) is 0.284. The van der Waals surface area contributed by atoms with E-state index in [1.165, 1.54) is 0 Å². The fourth-order valence-corrected chi connectivity index (χ4v) is 0.216. The average Bonchev–Trinajstić information content (AvgIpc) is 1.27. The highest BCUT2D eigenvalue weighted by atomic mass is 32.1. The molecule has 0 atom stereocenters. The SMILES string of the molecule is NC(=O)NC(=O)S.[SiH4]. The minimum atomic E-state index is -0.889. The Morgan fingerprint density at radius 1 is 1.50 bits per heavy atom. The minimum absolute atomic E-state index is 0. The number of imide groups is 1. The summed E-state index contributed by atoms with van der Waals surface area (Å²) in [6.45, 7) is 0. The largest absolute Gasteiger partial charge is 0.351 e. The first kappa shape index (κ1) is 10.5. The molecule has 0 rings (SSSR count). The third kappa shape index (κ3) is 9.10. The normalized spacial score (nSPS) is 6.62. The molecular weight excluding hydrogens is 144 g/mol.